The van der Waals surface area contributed by atoms with E-state index in [4.69, 9.17) is 0 Å². The third-order valence-corrected chi connectivity index (χ3v) is 11.2. The summed E-state index contributed by atoms with van der Waals surface area (Å²) in [6, 6.07) is 21.8. The smallest absolute Gasteiger partial charge is 0.328 e. The largest absolute Gasteiger partial charge is 0.480 e. The molecule has 0 saturated carbocycles. The molecule has 12 nitrogen and oxygen atoms in total. The first-order valence-electron chi connectivity index (χ1n) is 19.7. The molecule has 0 bridgehead atoms. The summed E-state index contributed by atoms with van der Waals surface area (Å²) in [7, 11) is 0. The molecule has 6 rings (SSSR count). The summed E-state index contributed by atoms with van der Waals surface area (Å²) in [4.78, 5) is 50.6. The van der Waals surface area contributed by atoms with Crippen LogP contribution in [0.1, 0.15) is 51.7 Å². The van der Waals surface area contributed by atoms with Gasteiger partial charge in [0.05, 0.1) is 25.0 Å². The summed E-state index contributed by atoms with van der Waals surface area (Å²) in [6.45, 7) is 7.78. The Bertz CT molecular complexity index is 2460. The van der Waals surface area contributed by atoms with E-state index in [-0.39, 0.29) is 12.8 Å². The van der Waals surface area contributed by atoms with Crippen LogP contribution in [0.5, 0.6) is 0 Å². The Balaban J connectivity index is 1.26. The maximum atomic E-state index is 12.8. The van der Waals surface area contributed by atoms with Crippen molar-refractivity contribution in [3.8, 4) is 0 Å². The molecule has 4 aromatic rings. The van der Waals surface area contributed by atoms with Gasteiger partial charge in [-0.1, -0.05) is 98.8 Å². The number of anilines is 1. The summed E-state index contributed by atoms with van der Waals surface area (Å²) in [6.07, 6.45) is 13.8. The summed E-state index contributed by atoms with van der Waals surface area (Å²) in [5.41, 5.74) is 5.27. The molecule has 0 radical (unpaired) electrons. The molecule has 0 aromatic heterocycles. The zero-order valence-corrected chi connectivity index (χ0v) is 33.7. The molecule has 2 amide bonds. The predicted molar refractivity (Wildman–Crippen MR) is 229 cm³/mol. The molecule has 59 heavy (non-hydrogen) atoms. The van der Waals surface area contributed by atoms with Crippen molar-refractivity contribution in [2.45, 2.75) is 63.5 Å². The Morgan fingerprint density at radius 2 is 1.22 bits per heavy atom. The molecule has 6 N–H and O–H groups in total. The Morgan fingerprint density at radius 1 is 0.678 bits per heavy atom. The zero-order valence-electron chi connectivity index (χ0n) is 33.7. The maximum absolute atomic E-state index is 12.8. The van der Waals surface area contributed by atoms with E-state index in [0.29, 0.717) is 13.1 Å². The molecule has 2 atom stereocenters. The first-order valence-corrected chi connectivity index (χ1v) is 19.7. The predicted octanol–water partition coefficient (Wildman–Crippen LogP) is 5.62. The molecule has 0 fully saturated rings. The van der Waals surface area contributed by atoms with Crippen molar-refractivity contribution in [3.05, 3.63) is 132 Å². The number of carbonyl (C=O) groups is 4. The molecule has 2 aliphatic rings. The SMILES string of the molecule is CC1(C)C(=CC=CC=CC=CC2=[N+](CCC(=O)NC(CO)C(=O)O)c3ccc4ccccc4c3C2(C)C)N(CCC(=O)NC(CO)C(=O)O)c2ccc3ccccc3c21. The van der Waals surface area contributed by atoms with Crippen molar-refractivity contribution in [1.82, 2.24) is 10.6 Å². The summed E-state index contributed by atoms with van der Waals surface area (Å²) in [5, 5.41) is 46.7. The van der Waals surface area contributed by atoms with Gasteiger partial charge in [-0.2, -0.15) is 4.58 Å². The third-order valence-electron chi connectivity index (χ3n) is 11.2. The van der Waals surface area contributed by atoms with Crippen molar-refractivity contribution in [2.24, 2.45) is 0 Å². The van der Waals surface area contributed by atoms with Crippen molar-refractivity contribution in [3.63, 3.8) is 0 Å². The van der Waals surface area contributed by atoms with Crippen LogP contribution in [-0.2, 0) is 30.0 Å². The van der Waals surface area contributed by atoms with Crippen LogP contribution >= 0.6 is 0 Å². The molecule has 2 aliphatic heterocycles. The van der Waals surface area contributed by atoms with Gasteiger partial charge in [-0.25, -0.2) is 9.59 Å². The van der Waals surface area contributed by atoms with E-state index in [0.717, 1.165) is 55.5 Å². The number of carboxylic acid groups (broad SMARTS) is 2. The highest BCUT2D eigenvalue weighted by molar-refractivity contribution is 6.07. The van der Waals surface area contributed by atoms with E-state index in [1.54, 1.807) is 0 Å². The van der Waals surface area contributed by atoms with Gasteiger partial charge in [0.25, 0.3) is 0 Å². The fourth-order valence-corrected chi connectivity index (χ4v) is 8.37. The second-order valence-electron chi connectivity index (χ2n) is 15.8. The second kappa shape index (κ2) is 17.6. The number of rotatable bonds is 16. The number of allylic oxidation sites excluding steroid dienone is 8. The van der Waals surface area contributed by atoms with Gasteiger partial charge in [0, 0.05) is 47.5 Å². The number of nitrogens with one attached hydrogen (secondary N) is 2. The number of carbonyl (C=O) groups excluding carboxylic acids is 2. The van der Waals surface area contributed by atoms with Gasteiger partial charge in [-0.05, 0) is 59.2 Å². The number of aliphatic hydroxyl groups excluding tert-OH is 2. The average molecular weight is 800 g/mol. The van der Waals surface area contributed by atoms with Crippen LogP contribution < -0.4 is 15.5 Å². The first kappa shape index (κ1) is 42.2. The number of nitrogens with zero attached hydrogens (tertiary/aromatic N) is 2. The van der Waals surface area contributed by atoms with Crippen LogP contribution in [0.4, 0.5) is 11.4 Å². The van der Waals surface area contributed by atoms with Gasteiger partial charge in [-0.3, -0.25) is 9.59 Å². The van der Waals surface area contributed by atoms with Crippen LogP contribution in [0.15, 0.2) is 121 Å². The molecule has 0 saturated heterocycles. The number of hydrogen-bond acceptors (Lipinski definition) is 7. The van der Waals surface area contributed by atoms with Crippen LogP contribution in [0.3, 0.4) is 0 Å². The van der Waals surface area contributed by atoms with Gasteiger partial charge >= 0.3 is 11.9 Å². The molecular formula is C47H51N4O8+. The number of benzene rings is 4. The summed E-state index contributed by atoms with van der Waals surface area (Å²) >= 11 is 0. The minimum absolute atomic E-state index is 0.0138. The lowest BCUT2D eigenvalue weighted by Crippen LogP contribution is -2.44. The minimum atomic E-state index is -1.37. The number of carboxylic acids is 2. The van der Waals surface area contributed by atoms with Crippen LogP contribution in [0.2, 0.25) is 0 Å². The molecule has 306 valence electrons. The topological polar surface area (TPSA) is 180 Å². The standard InChI is InChI=1S/C47H50N4O8/c1-46(2)38(50(26-24-40(54)48-34(28-52)44(56)57)36-22-20-30-14-10-12-16-32(30)42(36)46)18-8-6-5-7-9-19-39-47(3,4)43-33-17-13-11-15-31(33)21-23-37(43)51(39)27-25-41(55)49-35(29-53)45(58)59/h5-23,34-35,52-53H,24-29H2,1-4H3,(H3-,48,49,54,55,56,57,58,59)/p+1. The molecule has 2 unspecified atom stereocenters. The van der Waals surface area contributed by atoms with E-state index >= 15 is 0 Å². The number of aliphatic carboxylic acids is 2. The average Bonchev–Trinajstić information content (AvgIpc) is 3.57. The highest BCUT2D eigenvalue weighted by Gasteiger charge is 2.46. The van der Waals surface area contributed by atoms with Crippen molar-refractivity contribution < 1.29 is 44.2 Å². The lowest BCUT2D eigenvalue weighted by Gasteiger charge is -2.27. The number of amides is 2. The number of fused-ring (bicyclic) bond motifs is 6. The van der Waals surface area contributed by atoms with E-state index in [2.05, 4.69) is 96.3 Å². The Kier molecular flexibility index (Phi) is 12.6. The van der Waals surface area contributed by atoms with Gasteiger partial charge in [0.1, 0.15) is 12.1 Å². The van der Waals surface area contributed by atoms with Crippen molar-refractivity contribution in [1.29, 1.82) is 0 Å². The van der Waals surface area contributed by atoms with Gasteiger partial charge in [0.15, 0.2) is 12.3 Å². The van der Waals surface area contributed by atoms with Gasteiger partial charge in [-0.15, -0.1) is 0 Å². The highest BCUT2D eigenvalue weighted by atomic mass is 16.4. The number of aliphatic hydroxyl groups is 2. The first-order chi connectivity index (χ1) is 28.2. The van der Waals surface area contributed by atoms with Crippen molar-refractivity contribution >= 4 is 62.4 Å². The molecule has 2 heterocycles. The van der Waals surface area contributed by atoms with Crippen LogP contribution in [0.25, 0.3) is 21.5 Å². The fourth-order valence-electron chi connectivity index (χ4n) is 8.37. The summed E-state index contributed by atoms with van der Waals surface area (Å²) in [5.74, 6) is -3.55. The second-order valence-corrected chi connectivity index (χ2v) is 15.8. The van der Waals surface area contributed by atoms with E-state index in [1.165, 1.54) is 0 Å². The fraction of sp³-hybridized carbons (Fsp3) is 0.298. The van der Waals surface area contributed by atoms with E-state index < -0.39 is 59.9 Å². The number of hydrogen-bond donors (Lipinski definition) is 6. The quantitative estimate of drug-likeness (QED) is 0.0620. The molecule has 4 aromatic carbocycles. The van der Waals surface area contributed by atoms with Gasteiger partial charge < -0.3 is 36.0 Å². The van der Waals surface area contributed by atoms with E-state index in [1.807, 2.05) is 66.8 Å². The van der Waals surface area contributed by atoms with E-state index in [9.17, 15) is 39.6 Å². The third kappa shape index (κ3) is 8.60. The Hall–Kier alpha value is -6.37. The van der Waals surface area contributed by atoms with Crippen LogP contribution in [0, 0.1) is 0 Å². The molecule has 0 aliphatic carbocycles. The monoisotopic (exact) mass is 799 g/mol. The van der Waals surface area contributed by atoms with Crippen LogP contribution in [-0.4, -0.2) is 92.9 Å². The Morgan fingerprint density at radius 3 is 1.83 bits per heavy atom. The Labute approximate surface area is 343 Å². The van der Waals surface area contributed by atoms with Crippen molar-refractivity contribution in [2.75, 3.05) is 31.2 Å². The summed E-state index contributed by atoms with van der Waals surface area (Å²) < 4.78 is 2.10. The lowest BCUT2D eigenvalue weighted by atomic mass is 9.79. The lowest BCUT2D eigenvalue weighted by molar-refractivity contribution is -0.436. The normalized spacial score (nSPS) is 17.3. The van der Waals surface area contributed by atoms with Gasteiger partial charge in [0.2, 0.25) is 17.5 Å². The molecular weight excluding hydrogens is 749 g/mol. The maximum Gasteiger partial charge on any atom is 0.328 e. The molecule has 12 heteroatoms. The minimum Gasteiger partial charge on any atom is -0.480 e. The highest BCUT2D eigenvalue weighted by Crippen LogP contribution is 2.51. The zero-order chi connectivity index (χ0) is 42.5. The molecule has 0 spiro atoms.